The Morgan fingerprint density at radius 1 is 1.14 bits per heavy atom. The molecule has 2 aromatic rings. The Morgan fingerprint density at radius 2 is 1.90 bits per heavy atom. The number of nitrogens with one attached hydrogen (secondary N) is 1. The third-order valence-corrected chi connectivity index (χ3v) is 3.59. The van der Waals surface area contributed by atoms with Gasteiger partial charge in [-0.3, -0.25) is 9.78 Å². The highest BCUT2D eigenvalue weighted by atomic mass is 16.2. The Balaban J connectivity index is 1.81. The summed E-state index contributed by atoms with van der Waals surface area (Å²) >= 11 is 0. The molecule has 1 N–H and O–H groups in total. The van der Waals surface area contributed by atoms with E-state index in [1.54, 1.807) is 0 Å². The van der Waals surface area contributed by atoms with Crippen molar-refractivity contribution in [2.45, 2.75) is 26.8 Å². The van der Waals surface area contributed by atoms with Gasteiger partial charge in [-0.1, -0.05) is 24.3 Å². The van der Waals surface area contributed by atoms with Crippen molar-refractivity contribution in [3.63, 3.8) is 0 Å². The van der Waals surface area contributed by atoms with Crippen molar-refractivity contribution in [3.05, 3.63) is 42.1 Å². The number of amides is 1. The molecule has 0 aliphatic heterocycles. The first-order valence-electron chi connectivity index (χ1n) is 7.57. The maximum absolute atomic E-state index is 11.9. The van der Waals surface area contributed by atoms with E-state index < -0.39 is 0 Å². The number of hydrogen-bond acceptors (Lipinski definition) is 3. The maximum Gasteiger partial charge on any atom is 0.223 e. The van der Waals surface area contributed by atoms with Crippen molar-refractivity contribution in [1.29, 1.82) is 0 Å². The molecule has 112 valence electrons. The number of rotatable bonds is 7. The molecule has 4 nitrogen and oxygen atoms in total. The van der Waals surface area contributed by atoms with Crippen LogP contribution in [-0.2, 0) is 11.3 Å². The predicted octanol–water partition coefficient (Wildman–Crippen LogP) is 2.58. The highest BCUT2D eigenvalue weighted by Gasteiger charge is 2.08. The Hall–Kier alpha value is -1.94. The van der Waals surface area contributed by atoms with E-state index in [0.717, 1.165) is 29.7 Å². The second kappa shape index (κ2) is 7.74. The van der Waals surface area contributed by atoms with Gasteiger partial charge in [-0.25, -0.2) is 0 Å². The molecule has 0 atom stereocenters. The molecule has 0 saturated carbocycles. The first-order valence-corrected chi connectivity index (χ1v) is 7.57. The van der Waals surface area contributed by atoms with Crippen LogP contribution in [-0.4, -0.2) is 35.4 Å². The average Bonchev–Trinajstić information content (AvgIpc) is 2.52. The lowest BCUT2D eigenvalue weighted by Crippen LogP contribution is -2.32. The number of fused-ring (bicyclic) bond motifs is 1. The van der Waals surface area contributed by atoms with Crippen molar-refractivity contribution in [3.8, 4) is 0 Å². The van der Waals surface area contributed by atoms with Crippen LogP contribution >= 0.6 is 0 Å². The lowest BCUT2D eigenvalue weighted by molar-refractivity contribution is -0.130. The summed E-state index contributed by atoms with van der Waals surface area (Å²) < 4.78 is 0. The first-order chi connectivity index (χ1) is 10.2. The maximum atomic E-state index is 11.9. The molecule has 0 spiro atoms. The van der Waals surface area contributed by atoms with E-state index in [1.807, 2.05) is 43.0 Å². The standard InChI is InChI=1S/C17H23N3O/c1-3-20(4-2)17(21)11-12-18-13-15-10-9-14-7-5-6-8-16(14)19-15/h5-10,18H,3-4,11-13H2,1-2H3. The molecule has 0 bridgehead atoms. The third-order valence-electron chi connectivity index (χ3n) is 3.59. The van der Waals surface area contributed by atoms with Gasteiger partial charge in [0.15, 0.2) is 0 Å². The Kier molecular flexibility index (Phi) is 5.69. The Bertz CT molecular complexity index is 593. The van der Waals surface area contributed by atoms with Crippen molar-refractivity contribution >= 4 is 16.8 Å². The van der Waals surface area contributed by atoms with E-state index in [2.05, 4.69) is 22.4 Å². The van der Waals surface area contributed by atoms with Gasteiger partial charge in [0.2, 0.25) is 5.91 Å². The average molecular weight is 285 g/mol. The topological polar surface area (TPSA) is 45.2 Å². The number of hydrogen-bond donors (Lipinski definition) is 1. The van der Waals surface area contributed by atoms with Gasteiger partial charge in [0, 0.05) is 38.0 Å². The smallest absolute Gasteiger partial charge is 0.223 e. The molecule has 1 aromatic carbocycles. The van der Waals surface area contributed by atoms with Crippen LogP contribution in [0.2, 0.25) is 0 Å². The molecule has 21 heavy (non-hydrogen) atoms. The molecule has 0 fully saturated rings. The summed E-state index contributed by atoms with van der Waals surface area (Å²) in [5.74, 6) is 0.207. The molecular formula is C17H23N3O. The summed E-state index contributed by atoms with van der Waals surface area (Å²) in [7, 11) is 0. The minimum atomic E-state index is 0.207. The number of aromatic nitrogens is 1. The second-order valence-electron chi connectivity index (χ2n) is 4.99. The van der Waals surface area contributed by atoms with E-state index >= 15 is 0 Å². The zero-order valence-corrected chi connectivity index (χ0v) is 12.8. The molecule has 1 amide bonds. The van der Waals surface area contributed by atoms with Crippen molar-refractivity contribution in [1.82, 2.24) is 15.2 Å². The van der Waals surface area contributed by atoms with Crippen LogP contribution in [0, 0.1) is 0 Å². The number of benzene rings is 1. The third kappa shape index (κ3) is 4.26. The molecule has 4 heteroatoms. The van der Waals surface area contributed by atoms with Crippen LogP contribution in [0.1, 0.15) is 26.0 Å². The monoisotopic (exact) mass is 285 g/mol. The highest BCUT2D eigenvalue weighted by molar-refractivity contribution is 5.78. The number of para-hydroxylation sites is 1. The Labute approximate surface area is 126 Å². The molecule has 2 rings (SSSR count). The molecule has 0 aliphatic carbocycles. The molecule has 0 unspecified atom stereocenters. The van der Waals surface area contributed by atoms with Crippen LogP contribution in [0.3, 0.4) is 0 Å². The lowest BCUT2D eigenvalue weighted by Gasteiger charge is -2.18. The fourth-order valence-corrected chi connectivity index (χ4v) is 2.35. The van der Waals surface area contributed by atoms with Crippen LogP contribution in [0.15, 0.2) is 36.4 Å². The highest BCUT2D eigenvalue weighted by Crippen LogP contribution is 2.11. The van der Waals surface area contributed by atoms with Gasteiger partial charge < -0.3 is 10.2 Å². The Morgan fingerprint density at radius 3 is 2.67 bits per heavy atom. The van der Waals surface area contributed by atoms with Gasteiger partial charge in [-0.2, -0.15) is 0 Å². The predicted molar refractivity (Wildman–Crippen MR) is 86.0 cm³/mol. The van der Waals surface area contributed by atoms with E-state index in [0.29, 0.717) is 19.5 Å². The molecule has 1 aromatic heterocycles. The van der Waals surface area contributed by atoms with Gasteiger partial charge >= 0.3 is 0 Å². The van der Waals surface area contributed by atoms with E-state index in [4.69, 9.17) is 0 Å². The zero-order valence-electron chi connectivity index (χ0n) is 12.8. The van der Waals surface area contributed by atoms with Gasteiger partial charge in [0.05, 0.1) is 11.2 Å². The fraction of sp³-hybridized carbons (Fsp3) is 0.412. The van der Waals surface area contributed by atoms with Gasteiger partial charge in [0.25, 0.3) is 0 Å². The van der Waals surface area contributed by atoms with E-state index in [-0.39, 0.29) is 5.91 Å². The van der Waals surface area contributed by atoms with E-state index in [9.17, 15) is 4.79 Å². The van der Waals surface area contributed by atoms with Gasteiger partial charge in [0.1, 0.15) is 0 Å². The van der Waals surface area contributed by atoms with Gasteiger partial charge in [-0.15, -0.1) is 0 Å². The molecule has 0 aliphatic rings. The summed E-state index contributed by atoms with van der Waals surface area (Å²) in [5.41, 5.74) is 2.01. The molecular weight excluding hydrogens is 262 g/mol. The van der Waals surface area contributed by atoms with Crippen molar-refractivity contribution in [2.24, 2.45) is 0 Å². The van der Waals surface area contributed by atoms with Gasteiger partial charge in [-0.05, 0) is 26.0 Å². The largest absolute Gasteiger partial charge is 0.343 e. The summed E-state index contributed by atoms with van der Waals surface area (Å²) in [5, 5.41) is 4.44. The van der Waals surface area contributed by atoms with Crippen LogP contribution in [0.25, 0.3) is 10.9 Å². The molecule has 0 radical (unpaired) electrons. The summed E-state index contributed by atoms with van der Waals surface area (Å²) in [6, 6.07) is 12.2. The van der Waals surface area contributed by atoms with E-state index in [1.165, 1.54) is 0 Å². The lowest BCUT2D eigenvalue weighted by atomic mass is 10.2. The number of carbonyl (C=O) groups excluding carboxylic acids is 1. The van der Waals surface area contributed by atoms with Crippen molar-refractivity contribution in [2.75, 3.05) is 19.6 Å². The zero-order chi connectivity index (χ0) is 15.1. The SMILES string of the molecule is CCN(CC)C(=O)CCNCc1ccc2ccccc2n1. The molecule has 1 heterocycles. The quantitative estimate of drug-likeness (QED) is 0.795. The summed E-state index contributed by atoms with van der Waals surface area (Å²) in [6.07, 6.45) is 0.537. The van der Waals surface area contributed by atoms with Crippen molar-refractivity contribution < 1.29 is 4.79 Å². The normalized spacial score (nSPS) is 10.8. The number of carbonyl (C=O) groups is 1. The molecule has 0 saturated heterocycles. The number of nitrogens with zero attached hydrogens (tertiary/aromatic N) is 2. The second-order valence-corrected chi connectivity index (χ2v) is 4.99. The first kappa shape index (κ1) is 15.4. The number of pyridine rings is 1. The van der Waals surface area contributed by atoms with Crippen LogP contribution < -0.4 is 5.32 Å². The fourth-order valence-electron chi connectivity index (χ4n) is 2.35. The van der Waals surface area contributed by atoms with Crippen LogP contribution in [0.4, 0.5) is 0 Å². The minimum absolute atomic E-state index is 0.207. The summed E-state index contributed by atoms with van der Waals surface area (Å²) in [4.78, 5) is 18.3. The summed E-state index contributed by atoms with van der Waals surface area (Å²) in [6.45, 7) is 6.95. The van der Waals surface area contributed by atoms with Crippen LogP contribution in [0.5, 0.6) is 0 Å². The minimum Gasteiger partial charge on any atom is -0.343 e.